The quantitative estimate of drug-likeness (QED) is 0.0734. The fraction of sp³-hybridized carbons (Fsp3) is 0.579. The molecule has 77 heavy (non-hydrogen) atoms. The molecule has 2 saturated heterocycles. The van der Waals surface area contributed by atoms with Crippen molar-refractivity contribution in [1.29, 1.82) is 5.26 Å². The molecule has 20 heteroatoms. The van der Waals surface area contributed by atoms with Crippen molar-refractivity contribution in [2.45, 2.75) is 123 Å². The van der Waals surface area contributed by atoms with Crippen LogP contribution in [-0.2, 0) is 9.53 Å². The minimum Gasteiger partial charge on any atom is -0.495 e. The van der Waals surface area contributed by atoms with E-state index in [2.05, 4.69) is 91.2 Å². The average molecular weight is 1070 g/mol. The highest BCUT2D eigenvalue weighted by atomic mass is 35.5. The molecule has 412 valence electrons. The summed E-state index contributed by atoms with van der Waals surface area (Å²) in [6.45, 7) is 19.2. The van der Waals surface area contributed by atoms with Crippen LogP contribution < -0.4 is 40.1 Å². The molecule has 0 unspecified atom stereocenters. The number of hydrogen-bond donors (Lipinski definition) is 3. The van der Waals surface area contributed by atoms with Gasteiger partial charge in [-0.05, 0) is 81.8 Å². The lowest BCUT2D eigenvalue weighted by molar-refractivity contribution is -0.164. The molecular formula is C57H76ClN13O6. The van der Waals surface area contributed by atoms with Crippen molar-refractivity contribution in [2.75, 3.05) is 99.7 Å². The van der Waals surface area contributed by atoms with Gasteiger partial charge >= 0.3 is 0 Å². The minimum atomic E-state index is -0.384. The normalized spacial score (nSPS) is 21.7. The Labute approximate surface area is 458 Å². The predicted molar refractivity (Wildman–Crippen MR) is 298 cm³/mol. The van der Waals surface area contributed by atoms with E-state index in [4.69, 9.17) is 30.8 Å². The smallest absolute Gasteiger partial charge is 0.254 e. The number of carbonyl (C=O) groups excluding carboxylic acids is 3. The molecule has 19 nitrogen and oxygen atoms in total. The van der Waals surface area contributed by atoms with E-state index in [0.29, 0.717) is 69.4 Å². The van der Waals surface area contributed by atoms with Crippen LogP contribution in [0.5, 0.6) is 11.5 Å². The number of methoxy groups -OCH3 is 1. The second kappa shape index (κ2) is 24.1. The van der Waals surface area contributed by atoms with Crippen LogP contribution in [0.3, 0.4) is 0 Å². The number of nitrogens with zero attached hydrogens (tertiary/aromatic N) is 10. The van der Waals surface area contributed by atoms with Crippen LogP contribution in [0.15, 0.2) is 55.0 Å². The van der Waals surface area contributed by atoms with Crippen molar-refractivity contribution in [3.8, 4) is 17.6 Å². The average Bonchev–Trinajstić information content (AvgIpc) is 4.10. The molecule has 5 aliphatic rings. The summed E-state index contributed by atoms with van der Waals surface area (Å²) >= 11 is 6.26. The predicted octanol–water partition coefficient (Wildman–Crippen LogP) is 7.47. The Morgan fingerprint density at radius 3 is 2.19 bits per heavy atom. The number of aromatic nitrogens is 4. The number of piperidine rings is 1. The van der Waals surface area contributed by atoms with E-state index in [1.165, 1.54) is 0 Å². The Hall–Kier alpha value is -6.33. The number of fused-ring (bicyclic) bond motifs is 1. The molecule has 4 aromatic rings. The largest absolute Gasteiger partial charge is 0.495 e. The van der Waals surface area contributed by atoms with Gasteiger partial charge in [0.25, 0.3) is 11.8 Å². The van der Waals surface area contributed by atoms with Crippen molar-refractivity contribution >= 4 is 58.4 Å². The Morgan fingerprint density at radius 2 is 1.55 bits per heavy atom. The number of carbonyl (C=O) groups is 3. The second-order valence-electron chi connectivity index (χ2n) is 22.4. The highest BCUT2D eigenvalue weighted by Crippen LogP contribution is 2.55. The summed E-state index contributed by atoms with van der Waals surface area (Å²) in [5.41, 5.74) is 1.89. The molecule has 3 amide bonds. The maximum absolute atomic E-state index is 13.5. The minimum absolute atomic E-state index is 0.0739. The Bertz CT molecular complexity index is 2750. The number of nitriles is 1. The van der Waals surface area contributed by atoms with Gasteiger partial charge in [-0.2, -0.15) is 10.2 Å². The zero-order valence-corrected chi connectivity index (χ0v) is 46.6. The topological polar surface area (TPSA) is 207 Å². The Balaban J connectivity index is 0.636. The summed E-state index contributed by atoms with van der Waals surface area (Å²) in [4.78, 5) is 69.8. The van der Waals surface area contributed by atoms with Gasteiger partial charge in [-0.3, -0.25) is 14.4 Å². The summed E-state index contributed by atoms with van der Waals surface area (Å²) in [6.07, 6.45) is 13.6. The van der Waals surface area contributed by atoms with Crippen LogP contribution in [0.2, 0.25) is 5.02 Å². The number of anilines is 5. The summed E-state index contributed by atoms with van der Waals surface area (Å²) in [6, 6.07) is 12.3. The van der Waals surface area contributed by atoms with Gasteiger partial charge in [0.15, 0.2) is 5.82 Å². The number of hydrogen-bond acceptors (Lipinski definition) is 16. The van der Waals surface area contributed by atoms with E-state index in [9.17, 15) is 19.6 Å². The first-order chi connectivity index (χ1) is 37.1. The molecule has 2 aromatic heterocycles. The lowest BCUT2D eigenvalue weighted by Gasteiger charge is -2.63. The van der Waals surface area contributed by atoms with Crippen molar-refractivity contribution in [2.24, 2.45) is 10.8 Å². The van der Waals surface area contributed by atoms with Crippen LogP contribution in [0.1, 0.15) is 119 Å². The fourth-order valence-corrected chi connectivity index (χ4v) is 12.7. The summed E-state index contributed by atoms with van der Waals surface area (Å²) in [5.74, 6) is 2.57. The molecule has 4 fully saturated rings. The number of piperazine rings is 1. The number of ether oxygens (including phenoxy) is 3. The maximum Gasteiger partial charge on any atom is 0.254 e. The highest BCUT2D eigenvalue weighted by molar-refractivity contribution is 6.31. The lowest BCUT2D eigenvalue weighted by atomic mass is 9.49. The summed E-state index contributed by atoms with van der Waals surface area (Å²) < 4.78 is 18.4. The molecule has 9 rings (SSSR count). The first-order valence-electron chi connectivity index (χ1n) is 27.6. The van der Waals surface area contributed by atoms with Gasteiger partial charge in [0.2, 0.25) is 17.8 Å². The van der Waals surface area contributed by atoms with Gasteiger partial charge in [-0.1, -0.05) is 59.1 Å². The van der Waals surface area contributed by atoms with Crippen LogP contribution in [-0.4, -0.2) is 157 Å². The second-order valence-corrected chi connectivity index (χ2v) is 22.8. The molecule has 5 heterocycles. The number of rotatable bonds is 20. The van der Waals surface area contributed by atoms with E-state index in [1.54, 1.807) is 68.0 Å². The number of likely N-dealkylation sites (N-methyl/N-ethyl adjacent to an activating group) is 1. The van der Waals surface area contributed by atoms with Gasteiger partial charge in [-0.15, -0.1) is 0 Å². The SMILES string of the molecule is CC[C@@H]1C(=O)N(C)c2cnc(Nc3ccc(C(=O)NCCCN4CCN(CCCOC5CCN(c6ncc(C(=O)N[C@H]7C(C)(C)[C@H](Oc8ccc(C#N)c(Cl)c8)C7(C)C)cn6)CC5)CC4)cc3OC)nc2N1C1CCCC1. The first kappa shape index (κ1) is 55.4. The molecule has 3 aliphatic heterocycles. The van der Waals surface area contributed by atoms with E-state index in [1.807, 2.05) is 6.07 Å². The van der Waals surface area contributed by atoms with Crippen LogP contribution >= 0.6 is 11.6 Å². The standard InChI is InChI=1S/C57H76ClN13O6/c1-8-45-51(74)67(6)46-36-61-54(65-48(46)71(45)40-13-9-10-14-40)64-44-18-16-37(31-47(44)75-7)49(72)60-21-11-22-68-26-28-69(29-27-68)23-12-30-76-41-19-24-70(25-20-41)55-62-34-39(35-63-55)50(73)66-52-56(2,3)53(57(52,4)5)77-42-17-15-38(33-59)43(58)32-42/h15-18,31-32,34-36,40-41,45,52-53H,8-14,19-30H2,1-7H3,(H,60,72)(H,66,73)(H,61,64,65)/t45-,52-,53-/m1/s1. The monoisotopic (exact) mass is 1070 g/mol. The lowest BCUT2D eigenvalue weighted by Crippen LogP contribution is -2.74. The third-order valence-corrected chi connectivity index (χ3v) is 16.9. The van der Waals surface area contributed by atoms with E-state index in [0.717, 1.165) is 116 Å². The molecule has 0 bridgehead atoms. The Morgan fingerprint density at radius 1 is 0.857 bits per heavy atom. The molecule has 2 aromatic carbocycles. The van der Waals surface area contributed by atoms with E-state index >= 15 is 0 Å². The molecule has 2 aliphatic carbocycles. The van der Waals surface area contributed by atoms with Gasteiger partial charge in [0.05, 0.1) is 41.2 Å². The van der Waals surface area contributed by atoms with Gasteiger partial charge < -0.3 is 54.7 Å². The van der Waals surface area contributed by atoms with Crippen molar-refractivity contribution in [3.05, 3.63) is 76.7 Å². The van der Waals surface area contributed by atoms with Crippen LogP contribution in [0.4, 0.5) is 29.1 Å². The number of amides is 3. The Kier molecular flexibility index (Phi) is 17.4. The van der Waals surface area contributed by atoms with E-state index < -0.39 is 0 Å². The number of nitrogens with one attached hydrogen (secondary N) is 3. The van der Waals surface area contributed by atoms with Crippen molar-refractivity contribution in [1.82, 2.24) is 40.4 Å². The molecule has 2 saturated carbocycles. The van der Waals surface area contributed by atoms with Gasteiger partial charge in [0.1, 0.15) is 35.4 Å². The van der Waals surface area contributed by atoms with Crippen LogP contribution in [0.25, 0.3) is 0 Å². The zero-order chi connectivity index (χ0) is 54.4. The maximum atomic E-state index is 13.5. The molecule has 1 atom stereocenters. The fourth-order valence-electron chi connectivity index (χ4n) is 12.5. The van der Waals surface area contributed by atoms with Crippen molar-refractivity contribution in [3.63, 3.8) is 0 Å². The molecule has 0 spiro atoms. The molecule has 3 N–H and O–H groups in total. The zero-order valence-electron chi connectivity index (χ0n) is 45.8. The first-order valence-corrected chi connectivity index (χ1v) is 27.9. The third kappa shape index (κ3) is 12.2. The van der Waals surface area contributed by atoms with Crippen LogP contribution in [0, 0.1) is 22.2 Å². The number of benzene rings is 2. The summed E-state index contributed by atoms with van der Waals surface area (Å²) in [5, 5.41) is 19.2. The van der Waals surface area contributed by atoms with Gasteiger partial charge in [-0.25, -0.2) is 15.0 Å². The summed E-state index contributed by atoms with van der Waals surface area (Å²) in [7, 11) is 3.37. The highest BCUT2D eigenvalue weighted by Gasteiger charge is 2.64. The van der Waals surface area contributed by atoms with Crippen molar-refractivity contribution < 1.29 is 28.6 Å². The molecule has 0 radical (unpaired) electrons. The number of halogens is 1. The van der Waals surface area contributed by atoms with Gasteiger partial charge in [0, 0.05) is 113 Å². The molecular weight excluding hydrogens is 998 g/mol. The van der Waals surface area contributed by atoms with E-state index in [-0.39, 0.29) is 58.9 Å². The third-order valence-electron chi connectivity index (χ3n) is 16.6.